The molecule has 2 saturated carbocycles. The summed E-state index contributed by atoms with van der Waals surface area (Å²) in [7, 11) is 0. The average molecular weight is 289 g/mol. The minimum Gasteiger partial charge on any atom is -0.374 e. The van der Waals surface area contributed by atoms with E-state index in [0.717, 1.165) is 5.92 Å². The van der Waals surface area contributed by atoms with Crippen LogP contribution in [0.25, 0.3) is 0 Å². The van der Waals surface area contributed by atoms with Gasteiger partial charge in [-0.1, -0.05) is 55.0 Å². The van der Waals surface area contributed by atoms with Gasteiger partial charge in [0.15, 0.2) is 0 Å². The zero-order chi connectivity index (χ0) is 11.4. The Balaban J connectivity index is 1.79. The molecule has 1 nitrogen and oxygen atoms in total. The van der Waals surface area contributed by atoms with E-state index in [2.05, 4.69) is 22.9 Å². The van der Waals surface area contributed by atoms with Gasteiger partial charge in [0.1, 0.15) is 0 Å². The van der Waals surface area contributed by atoms with Gasteiger partial charge in [-0.2, -0.15) is 0 Å². The van der Waals surface area contributed by atoms with Crippen molar-refractivity contribution < 1.29 is 4.74 Å². The van der Waals surface area contributed by atoms with Gasteiger partial charge in [0.2, 0.25) is 0 Å². The second-order valence-corrected chi connectivity index (χ2v) is 6.71. The maximum atomic E-state index is 6.33. The average Bonchev–Trinajstić information content (AvgIpc) is 2.32. The second-order valence-electron chi connectivity index (χ2n) is 5.54. The van der Waals surface area contributed by atoms with Gasteiger partial charge < -0.3 is 4.74 Å². The normalized spacial score (nSPS) is 40.9. The van der Waals surface area contributed by atoms with Gasteiger partial charge in [-0.3, -0.25) is 0 Å². The maximum absolute atomic E-state index is 6.33. The van der Waals surface area contributed by atoms with Gasteiger partial charge in [0.05, 0.1) is 12.2 Å². The number of hydrogen-bond acceptors (Lipinski definition) is 1. The Kier molecular flexibility index (Phi) is 5.15. The molecular formula is C14H25BrO. The van der Waals surface area contributed by atoms with Crippen molar-refractivity contribution in [3.8, 4) is 0 Å². The number of halogens is 1. The Morgan fingerprint density at radius 3 is 2.62 bits per heavy atom. The predicted octanol–water partition coefficient (Wildman–Crippen LogP) is 4.68. The SMILES string of the molecule is CCC1CCCC(OC2CCCCC2Br)C1. The largest absolute Gasteiger partial charge is 0.374 e. The van der Waals surface area contributed by atoms with Gasteiger partial charge in [-0.25, -0.2) is 0 Å². The first kappa shape index (κ1) is 12.9. The maximum Gasteiger partial charge on any atom is 0.0703 e. The first-order valence-corrected chi connectivity index (χ1v) is 8.00. The summed E-state index contributed by atoms with van der Waals surface area (Å²) in [6.45, 7) is 2.32. The first-order chi connectivity index (χ1) is 7.79. The lowest BCUT2D eigenvalue weighted by molar-refractivity contribution is -0.0506. The molecule has 4 unspecified atom stereocenters. The van der Waals surface area contributed by atoms with Crippen LogP contribution in [-0.2, 0) is 4.74 Å². The Morgan fingerprint density at radius 2 is 1.88 bits per heavy atom. The molecule has 0 radical (unpaired) electrons. The molecule has 16 heavy (non-hydrogen) atoms. The fourth-order valence-electron chi connectivity index (χ4n) is 3.19. The third-order valence-corrected chi connectivity index (χ3v) is 5.35. The second kappa shape index (κ2) is 6.39. The molecule has 4 atom stereocenters. The molecule has 0 spiro atoms. The van der Waals surface area contributed by atoms with Gasteiger partial charge in [0.25, 0.3) is 0 Å². The highest BCUT2D eigenvalue weighted by atomic mass is 79.9. The summed E-state index contributed by atoms with van der Waals surface area (Å²) in [6, 6.07) is 0. The van der Waals surface area contributed by atoms with E-state index >= 15 is 0 Å². The van der Waals surface area contributed by atoms with Crippen LogP contribution in [0.5, 0.6) is 0 Å². The molecular weight excluding hydrogens is 264 g/mol. The molecule has 0 aromatic carbocycles. The van der Waals surface area contributed by atoms with Crippen molar-refractivity contribution >= 4 is 15.9 Å². The van der Waals surface area contributed by atoms with Crippen molar-refractivity contribution in [3.05, 3.63) is 0 Å². The summed E-state index contributed by atoms with van der Waals surface area (Å²) in [6.07, 6.45) is 13.1. The monoisotopic (exact) mass is 288 g/mol. The van der Waals surface area contributed by atoms with Crippen LogP contribution in [0, 0.1) is 5.92 Å². The van der Waals surface area contributed by atoms with Crippen molar-refractivity contribution in [2.24, 2.45) is 5.92 Å². The highest BCUT2D eigenvalue weighted by molar-refractivity contribution is 9.09. The molecule has 2 aliphatic rings. The fraction of sp³-hybridized carbons (Fsp3) is 1.00. The predicted molar refractivity (Wildman–Crippen MR) is 72.1 cm³/mol. The Morgan fingerprint density at radius 1 is 1.06 bits per heavy atom. The molecule has 2 rings (SSSR count). The summed E-state index contributed by atoms with van der Waals surface area (Å²) in [4.78, 5) is 0.614. The van der Waals surface area contributed by atoms with Gasteiger partial charge >= 0.3 is 0 Å². The lowest BCUT2D eigenvalue weighted by Gasteiger charge is -2.35. The third-order valence-electron chi connectivity index (χ3n) is 4.30. The van der Waals surface area contributed by atoms with Crippen molar-refractivity contribution in [1.29, 1.82) is 0 Å². The first-order valence-electron chi connectivity index (χ1n) is 7.09. The van der Waals surface area contributed by atoms with Gasteiger partial charge in [-0.15, -0.1) is 0 Å². The van der Waals surface area contributed by atoms with E-state index < -0.39 is 0 Å². The summed E-state index contributed by atoms with van der Waals surface area (Å²) in [5.74, 6) is 0.927. The fourth-order valence-corrected chi connectivity index (χ4v) is 3.90. The summed E-state index contributed by atoms with van der Waals surface area (Å²) in [5.41, 5.74) is 0. The minimum absolute atomic E-state index is 0.495. The molecule has 0 aliphatic heterocycles. The van der Waals surface area contributed by atoms with Crippen LogP contribution in [-0.4, -0.2) is 17.0 Å². The lowest BCUT2D eigenvalue weighted by atomic mass is 9.85. The third kappa shape index (κ3) is 3.46. The van der Waals surface area contributed by atoms with Crippen molar-refractivity contribution in [2.45, 2.75) is 81.7 Å². The number of rotatable bonds is 3. The van der Waals surface area contributed by atoms with Gasteiger partial charge in [0, 0.05) is 4.83 Å². The molecule has 94 valence electrons. The molecule has 0 N–H and O–H groups in total. The zero-order valence-corrected chi connectivity index (χ0v) is 12.0. The van der Waals surface area contributed by atoms with Crippen LogP contribution in [0.2, 0.25) is 0 Å². The van der Waals surface area contributed by atoms with Crippen molar-refractivity contribution in [3.63, 3.8) is 0 Å². The van der Waals surface area contributed by atoms with Crippen molar-refractivity contribution in [1.82, 2.24) is 0 Å². The van der Waals surface area contributed by atoms with Gasteiger partial charge in [-0.05, 0) is 31.6 Å². The molecule has 2 aliphatic carbocycles. The van der Waals surface area contributed by atoms with Crippen LogP contribution in [0.1, 0.15) is 64.7 Å². The standard InChI is InChI=1S/C14H25BrO/c1-2-11-6-5-7-12(10-11)16-14-9-4-3-8-13(14)15/h11-14H,2-10H2,1H3. The van der Waals surface area contributed by atoms with E-state index in [9.17, 15) is 0 Å². The molecule has 0 aromatic rings. The molecule has 0 saturated heterocycles. The number of alkyl halides is 1. The summed E-state index contributed by atoms with van der Waals surface area (Å²) in [5, 5.41) is 0. The molecule has 0 aromatic heterocycles. The molecule has 2 fully saturated rings. The van der Waals surface area contributed by atoms with E-state index in [1.165, 1.54) is 57.8 Å². The lowest BCUT2D eigenvalue weighted by Crippen LogP contribution is -2.34. The van der Waals surface area contributed by atoms with Crippen LogP contribution in [0.4, 0.5) is 0 Å². The van der Waals surface area contributed by atoms with E-state index in [0.29, 0.717) is 17.0 Å². The van der Waals surface area contributed by atoms with Crippen LogP contribution >= 0.6 is 15.9 Å². The number of hydrogen-bond donors (Lipinski definition) is 0. The quantitative estimate of drug-likeness (QED) is 0.686. The van der Waals surface area contributed by atoms with E-state index in [4.69, 9.17) is 4.74 Å². The Bertz CT molecular complexity index is 207. The topological polar surface area (TPSA) is 9.23 Å². The Labute approximate surface area is 108 Å². The zero-order valence-electron chi connectivity index (χ0n) is 10.5. The van der Waals surface area contributed by atoms with E-state index in [1.807, 2.05) is 0 Å². The van der Waals surface area contributed by atoms with Crippen LogP contribution < -0.4 is 0 Å². The van der Waals surface area contributed by atoms with Crippen LogP contribution in [0.15, 0.2) is 0 Å². The molecule has 0 amide bonds. The molecule has 2 heteroatoms. The summed E-state index contributed by atoms with van der Waals surface area (Å²) >= 11 is 3.79. The van der Waals surface area contributed by atoms with E-state index in [1.54, 1.807) is 0 Å². The Hall–Kier alpha value is 0.440. The molecule has 0 bridgehead atoms. The smallest absolute Gasteiger partial charge is 0.0703 e. The van der Waals surface area contributed by atoms with E-state index in [-0.39, 0.29) is 0 Å². The van der Waals surface area contributed by atoms with Crippen molar-refractivity contribution in [2.75, 3.05) is 0 Å². The minimum atomic E-state index is 0.495. The summed E-state index contributed by atoms with van der Waals surface area (Å²) < 4.78 is 6.33. The molecule has 0 heterocycles. The number of ether oxygens (including phenoxy) is 1. The highest BCUT2D eigenvalue weighted by Gasteiger charge is 2.28. The highest BCUT2D eigenvalue weighted by Crippen LogP contribution is 2.33. The van der Waals surface area contributed by atoms with Crippen LogP contribution in [0.3, 0.4) is 0 Å².